The van der Waals surface area contributed by atoms with Crippen molar-refractivity contribution in [3.8, 4) is 17.1 Å². The topological polar surface area (TPSA) is 44.1 Å². The second-order valence-electron chi connectivity index (χ2n) is 5.13. The molecule has 0 radical (unpaired) electrons. The van der Waals surface area contributed by atoms with E-state index in [1.165, 1.54) is 0 Å². The van der Waals surface area contributed by atoms with Crippen molar-refractivity contribution >= 4 is 5.97 Å². The molecule has 0 saturated carbocycles. The number of esters is 1. The summed E-state index contributed by atoms with van der Waals surface area (Å²) in [6.07, 6.45) is 0. The smallest absolute Gasteiger partial charge is 0.358 e. The van der Waals surface area contributed by atoms with Crippen LogP contribution in [0.15, 0.2) is 60.7 Å². The number of nitrogens with zero attached hydrogens (tertiary/aromatic N) is 2. The Morgan fingerprint density at radius 1 is 1.04 bits per heavy atom. The van der Waals surface area contributed by atoms with Crippen LogP contribution in [0.3, 0.4) is 0 Å². The number of para-hydroxylation sites is 1. The number of carbonyl (C=O) groups excluding carboxylic acids is 1. The maximum absolute atomic E-state index is 12.2. The first kappa shape index (κ1) is 15.0. The summed E-state index contributed by atoms with van der Waals surface area (Å²) < 4.78 is 7.12. The number of imidazole rings is 1. The van der Waals surface area contributed by atoms with Crippen molar-refractivity contribution in [2.45, 2.75) is 13.8 Å². The van der Waals surface area contributed by atoms with Gasteiger partial charge in [-0.25, -0.2) is 9.78 Å². The monoisotopic (exact) mass is 306 g/mol. The molecule has 1 heterocycles. The van der Waals surface area contributed by atoms with Crippen LogP contribution in [0.2, 0.25) is 0 Å². The lowest BCUT2D eigenvalue weighted by atomic mass is 10.2. The number of ether oxygens (including phenoxy) is 1. The van der Waals surface area contributed by atoms with Gasteiger partial charge in [0.05, 0.1) is 12.3 Å². The average molecular weight is 306 g/mol. The minimum Gasteiger partial charge on any atom is -0.461 e. The molecule has 0 bridgehead atoms. The van der Waals surface area contributed by atoms with Crippen LogP contribution in [-0.4, -0.2) is 22.1 Å². The van der Waals surface area contributed by atoms with Crippen LogP contribution in [-0.2, 0) is 4.74 Å². The van der Waals surface area contributed by atoms with Gasteiger partial charge in [0.1, 0.15) is 5.82 Å². The Hall–Kier alpha value is -2.88. The number of hydrogen-bond donors (Lipinski definition) is 0. The molecule has 116 valence electrons. The van der Waals surface area contributed by atoms with E-state index >= 15 is 0 Å². The fraction of sp³-hybridized carbons (Fsp3) is 0.158. The van der Waals surface area contributed by atoms with Crippen molar-refractivity contribution < 1.29 is 9.53 Å². The van der Waals surface area contributed by atoms with Crippen LogP contribution >= 0.6 is 0 Å². The third-order valence-corrected chi connectivity index (χ3v) is 3.62. The molecule has 4 heteroatoms. The number of benzene rings is 2. The maximum Gasteiger partial charge on any atom is 0.358 e. The largest absolute Gasteiger partial charge is 0.461 e. The van der Waals surface area contributed by atoms with E-state index in [9.17, 15) is 4.79 Å². The van der Waals surface area contributed by atoms with Gasteiger partial charge in [-0.05, 0) is 26.0 Å². The Morgan fingerprint density at radius 3 is 2.26 bits per heavy atom. The van der Waals surface area contributed by atoms with E-state index in [1.54, 1.807) is 6.92 Å². The molecular formula is C19H18N2O2. The molecule has 3 aromatic rings. The molecular weight excluding hydrogens is 288 g/mol. The zero-order chi connectivity index (χ0) is 16.2. The summed E-state index contributed by atoms with van der Waals surface area (Å²) in [7, 11) is 0. The second-order valence-corrected chi connectivity index (χ2v) is 5.13. The summed E-state index contributed by atoms with van der Waals surface area (Å²) >= 11 is 0. The molecule has 0 aliphatic rings. The van der Waals surface area contributed by atoms with E-state index in [0.29, 0.717) is 12.3 Å². The summed E-state index contributed by atoms with van der Waals surface area (Å²) in [5.41, 5.74) is 3.05. The highest BCUT2D eigenvalue weighted by molar-refractivity contribution is 5.90. The molecule has 3 rings (SSSR count). The number of rotatable bonds is 4. The first-order valence-electron chi connectivity index (χ1n) is 7.59. The van der Waals surface area contributed by atoms with E-state index in [1.807, 2.05) is 72.2 Å². The van der Waals surface area contributed by atoms with Crippen molar-refractivity contribution in [3.63, 3.8) is 0 Å². The average Bonchev–Trinajstić information content (AvgIpc) is 2.94. The van der Waals surface area contributed by atoms with Crippen molar-refractivity contribution in [2.24, 2.45) is 0 Å². The molecule has 0 amide bonds. The molecule has 0 N–H and O–H groups in total. The first-order valence-corrected chi connectivity index (χ1v) is 7.59. The van der Waals surface area contributed by atoms with Gasteiger partial charge >= 0.3 is 5.97 Å². The van der Waals surface area contributed by atoms with E-state index in [2.05, 4.69) is 4.98 Å². The van der Waals surface area contributed by atoms with Crippen LogP contribution in [0.25, 0.3) is 17.1 Å². The molecule has 0 saturated heterocycles. The maximum atomic E-state index is 12.2. The van der Waals surface area contributed by atoms with Crippen molar-refractivity contribution in [2.75, 3.05) is 6.61 Å². The van der Waals surface area contributed by atoms with Crippen LogP contribution in [0.1, 0.15) is 23.1 Å². The molecule has 4 nitrogen and oxygen atoms in total. The van der Waals surface area contributed by atoms with E-state index < -0.39 is 5.97 Å². The highest BCUT2D eigenvalue weighted by Crippen LogP contribution is 2.26. The van der Waals surface area contributed by atoms with Gasteiger partial charge in [0.25, 0.3) is 0 Å². The van der Waals surface area contributed by atoms with Gasteiger partial charge in [-0.15, -0.1) is 0 Å². The van der Waals surface area contributed by atoms with Gasteiger partial charge in [0, 0.05) is 11.3 Å². The van der Waals surface area contributed by atoms with Crippen LogP contribution < -0.4 is 0 Å². The molecule has 2 aromatic carbocycles. The predicted octanol–water partition coefficient (Wildman–Crippen LogP) is 4.02. The van der Waals surface area contributed by atoms with Gasteiger partial charge in [-0.3, -0.25) is 4.57 Å². The third-order valence-electron chi connectivity index (χ3n) is 3.62. The molecule has 0 unspecified atom stereocenters. The van der Waals surface area contributed by atoms with Crippen molar-refractivity contribution in [1.82, 2.24) is 9.55 Å². The van der Waals surface area contributed by atoms with Crippen LogP contribution in [0, 0.1) is 6.92 Å². The van der Waals surface area contributed by atoms with Crippen LogP contribution in [0.5, 0.6) is 0 Å². The fourth-order valence-electron chi connectivity index (χ4n) is 2.57. The van der Waals surface area contributed by atoms with Gasteiger partial charge in [-0.2, -0.15) is 0 Å². The normalized spacial score (nSPS) is 10.5. The standard InChI is InChI=1S/C19H18N2O2/c1-3-23-19(22)17-14(2)21(16-12-8-5-9-13-16)18(20-17)15-10-6-4-7-11-15/h4-13H,3H2,1-2H3. The van der Waals surface area contributed by atoms with Crippen LogP contribution in [0.4, 0.5) is 0 Å². The molecule has 23 heavy (non-hydrogen) atoms. The SMILES string of the molecule is CCOC(=O)c1nc(-c2ccccc2)n(-c2ccccc2)c1C. The Bertz CT molecular complexity index is 808. The summed E-state index contributed by atoms with van der Waals surface area (Å²) in [5, 5.41) is 0. The second kappa shape index (κ2) is 6.48. The highest BCUT2D eigenvalue weighted by atomic mass is 16.5. The lowest BCUT2D eigenvalue weighted by Crippen LogP contribution is -2.07. The number of carbonyl (C=O) groups is 1. The van der Waals surface area contributed by atoms with Gasteiger partial charge in [0.15, 0.2) is 5.69 Å². The molecule has 0 atom stereocenters. The third kappa shape index (κ3) is 2.88. The zero-order valence-corrected chi connectivity index (χ0v) is 13.2. The lowest BCUT2D eigenvalue weighted by molar-refractivity contribution is 0.0519. The lowest BCUT2D eigenvalue weighted by Gasteiger charge is -2.10. The van der Waals surface area contributed by atoms with Gasteiger partial charge in [-0.1, -0.05) is 48.5 Å². The minimum absolute atomic E-state index is 0.330. The van der Waals surface area contributed by atoms with Gasteiger partial charge in [0.2, 0.25) is 0 Å². The predicted molar refractivity (Wildman–Crippen MR) is 89.7 cm³/mol. The fourth-order valence-corrected chi connectivity index (χ4v) is 2.57. The minimum atomic E-state index is -0.392. The Balaban J connectivity index is 2.21. The summed E-state index contributed by atoms with van der Waals surface area (Å²) in [6, 6.07) is 19.7. The first-order chi connectivity index (χ1) is 11.2. The quantitative estimate of drug-likeness (QED) is 0.684. The molecule has 0 spiro atoms. The zero-order valence-electron chi connectivity index (χ0n) is 13.2. The molecule has 1 aromatic heterocycles. The highest BCUT2D eigenvalue weighted by Gasteiger charge is 2.22. The van der Waals surface area contributed by atoms with E-state index in [0.717, 1.165) is 22.8 Å². The Morgan fingerprint density at radius 2 is 1.65 bits per heavy atom. The van der Waals surface area contributed by atoms with Crippen molar-refractivity contribution in [3.05, 3.63) is 72.1 Å². The molecule has 0 aliphatic heterocycles. The molecule has 0 fully saturated rings. The van der Waals surface area contributed by atoms with Crippen molar-refractivity contribution in [1.29, 1.82) is 0 Å². The number of aromatic nitrogens is 2. The van der Waals surface area contributed by atoms with E-state index in [4.69, 9.17) is 4.74 Å². The summed E-state index contributed by atoms with van der Waals surface area (Å²) in [4.78, 5) is 16.8. The Labute approximate surface area is 135 Å². The number of hydrogen-bond acceptors (Lipinski definition) is 3. The summed E-state index contributed by atoms with van der Waals surface area (Å²) in [6.45, 7) is 4.01. The summed E-state index contributed by atoms with van der Waals surface area (Å²) in [5.74, 6) is 0.342. The van der Waals surface area contributed by atoms with Gasteiger partial charge < -0.3 is 4.74 Å². The Kier molecular flexibility index (Phi) is 4.24. The molecule has 0 aliphatic carbocycles. The van der Waals surface area contributed by atoms with E-state index in [-0.39, 0.29) is 0 Å².